The molecule has 1 amide bonds. The summed E-state index contributed by atoms with van der Waals surface area (Å²) < 4.78 is 23.8. The van der Waals surface area contributed by atoms with Crippen LogP contribution in [0, 0.1) is 30.6 Å². The minimum absolute atomic E-state index is 0.00567. The second-order valence-electron chi connectivity index (χ2n) is 18.9. The summed E-state index contributed by atoms with van der Waals surface area (Å²) in [6.07, 6.45) is 3.43. The van der Waals surface area contributed by atoms with Gasteiger partial charge in [0.15, 0.2) is 0 Å². The molecule has 0 spiro atoms. The van der Waals surface area contributed by atoms with Gasteiger partial charge in [-0.05, 0) is 43.2 Å². The summed E-state index contributed by atoms with van der Waals surface area (Å²) in [5.41, 5.74) is 0.537. The van der Waals surface area contributed by atoms with Crippen LogP contribution in [-0.2, 0) is 23.8 Å². The van der Waals surface area contributed by atoms with Gasteiger partial charge in [-0.2, -0.15) is 0 Å². The van der Waals surface area contributed by atoms with Crippen LogP contribution < -0.4 is 10.1 Å². The number of piperazine rings is 1. The summed E-state index contributed by atoms with van der Waals surface area (Å²) in [7, 11) is 1.43. The molecule has 16 heteroatoms. The second kappa shape index (κ2) is 21.1. The van der Waals surface area contributed by atoms with E-state index in [1.54, 1.807) is 44.7 Å². The molecule has 0 saturated carbocycles. The zero-order valence-corrected chi connectivity index (χ0v) is 41.7. The first-order valence-electron chi connectivity index (χ1n) is 23.5. The number of Topliss-reactive ketones (excluding diaryl/α,β-unsaturated/α-hetero) is 3. The van der Waals surface area contributed by atoms with Crippen molar-refractivity contribution in [3.8, 4) is 11.5 Å². The number of benzene rings is 3. The van der Waals surface area contributed by atoms with Crippen molar-refractivity contribution in [1.82, 2.24) is 15.1 Å². The molecule has 1 saturated heterocycles. The molecule has 10 atom stereocenters. The molecule has 4 heterocycles. The minimum atomic E-state index is -2.11. The third kappa shape index (κ3) is 9.95. The van der Waals surface area contributed by atoms with Crippen LogP contribution in [-0.4, -0.2) is 118 Å². The average Bonchev–Trinajstić information content (AvgIpc) is 3.61. The molecular weight excluding hydrogens is 918 g/mol. The van der Waals surface area contributed by atoms with Crippen molar-refractivity contribution in [2.45, 2.75) is 91.6 Å². The Labute approximate surface area is 413 Å². The van der Waals surface area contributed by atoms with Crippen molar-refractivity contribution in [3.63, 3.8) is 0 Å². The lowest BCUT2D eigenvalue weighted by Crippen LogP contribution is -2.50. The fourth-order valence-corrected chi connectivity index (χ4v) is 10.2. The highest BCUT2D eigenvalue weighted by Crippen LogP contribution is 2.49. The number of nitrogens with zero attached hydrogens (tertiary/aromatic N) is 2. The van der Waals surface area contributed by atoms with Gasteiger partial charge < -0.3 is 44.5 Å². The number of fused-ring (bicyclic) bond motifs is 14. The molecule has 372 valence electrons. The fraction of sp³-hybridized carbons (Fsp3) is 0.426. The van der Waals surface area contributed by atoms with E-state index in [1.165, 1.54) is 53.2 Å². The summed E-state index contributed by atoms with van der Waals surface area (Å²) in [5, 5.41) is 38.2. The highest BCUT2D eigenvalue weighted by Gasteiger charge is 2.53. The van der Waals surface area contributed by atoms with Crippen molar-refractivity contribution < 1.29 is 58.2 Å². The molecule has 4 N–H and O–H groups in total. The van der Waals surface area contributed by atoms with Gasteiger partial charge in [-0.1, -0.05) is 100.0 Å². The maximum atomic E-state index is 15.3. The number of allylic oxidation sites excluding steroid dienone is 4. The van der Waals surface area contributed by atoms with Gasteiger partial charge in [-0.15, -0.1) is 0 Å². The molecule has 3 aromatic carbocycles. The monoisotopic (exact) mass is 979 g/mol. The Kier molecular flexibility index (Phi) is 15.6. The van der Waals surface area contributed by atoms with E-state index in [4.69, 9.17) is 30.5 Å². The van der Waals surface area contributed by atoms with E-state index in [0.717, 1.165) is 11.1 Å². The molecule has 0 radical (unpaired) electrons. The normalized spacial score (nSPS) is 28.5. The number of halogens is 1. The number of phenols is 1. The summed E-state index contributed by atoms with van der Waals surface area (Å²) in [4.78, 5) is 75.6. The summed E-state index contributed by atoms with van der Waals surface area (Å²) in [5.74, 6) is -9.25. The van der Waals surface area contributed by atoms with Crippen LogP contribution in [0.1, 0.15) is 102 Å². The largest absolute Gasteiger partial charge is 0.507 e. The number of ether oxygens (including phenoxy) is 4. The zero-order valence-electron chi connectivity index (χ0n) is 40.9. The first-order chi connectivity index (χ1) is 33.2. The first-order valence-corrected chi connectivity index (χ1v) is 23.9. The molecule has 5 aliphatic rings. The van der Waals surface area contributed by atoms with Crippen molar-refractivity contribution in [2.24, 2.45) is 23.7 Å². The number of aromatic hydroxyl groups is 1. The van der Waals surface area contributed by atoms with Crippen LogP contribution >= 0.6 is 11.6 Å². The Hall–Kier alpha value is -6.10. The number of amides is 1. The number of aliphatic hydroxyl groups excluding tert-OH is 2. The second-order valence-corrected chi connectivity index (χ2v) is 19.3. The van der Waals surface area contributed by atoms with Gasteiger partial charge in [0.25, 0.3) is 11.7 Å². The van der Waals surface area contributed by atoms with Crippen molar-refractivity contribution in [1.29, 1.82) is 0 Å². The molecule has 1 unspecified atom stereocenters. The molecule has 5 bridgehead atoms. The number of esters is 1. The molecule has 3 aromatic rings. The van der Waals surface area contributed by atoms with E-state index in [0.29, 0.717) is 18.1 Å². The van der Waals surface area contributed by atoms with Gasteiger partial charge in [0, 0.05) is 87.0 Å². The van der Waals surface area contributed by atoms with Gasteiger partial charge in [-0.25, -0.2) is 0 Å². The smallest absolute Gasteiger partial charge is 0.312 e. The van der Waals surface area contributed by atoms with Gasteiger partial charge in [0.1, 0.15) is 29.0 Å². The number of hydrogen-bond donors (Lipinski definition) is 4. The zero-order chi connectivity index (χ0) is 50.9. The maximum Gasteiger partial charge on any atom is 0.312 e. The Balaban J connectivity index is 1.32. The predicted molar refractivity (Wildman–Crippen MR) is 261 cm³/mol. The van der Waals surface area contributed by atoms with Crippen LogP contribution in [0.4, 0.5) is 0 Å². The fourth-order valence-electron chi connectivity index (χ4n) is 10.1. The van der Waals surface area contributed by atoms with E-state index < -0.39 is 94.4 Å². The van der Waals surface area contributed by atoms with E-state index in [-0.39, 0.29) is 58.5 Å². The number of carbonyl (C=O) groups excluding carboxylic acids is 5. The quantitative estimate of drug-likeness (QED) is 0.184. The third-order valence-corrected chi connectivity index (χ3v) is 14.5. The predicted octanol–water partition coefficient (Wildman–Crippen LogP) is 7.02. The molecule has 15 nitrogen and oxygen atoms in total. The molecule has 4 aliphatic heterocycles. The van der Waals surface area contributed by atoms with Gasteiger partial charge in [0.05, 0.1) is 47.3 Å². The standard InChI is InChI=1S/C54H62ClN3O12/c1-28-14-13-15-29(2)53(66)56-42-44(58-25-23-57(24-26-58)43(35-16-11-10-12-17-35)36-18-20-37(55)21-19-36)49(64)39-40(48(42)63)47(62)33(6)51-41(39)52(65)54(8,70-51)68-27-22-38(67-9)30(3)50(69-34(7)59)32(5)46(61)31(4)45(28)60/h10-22,27-28,30-32,38,43,45-46,50,60-62H,23-26H2,1-9H3,(H,56,66)/t28-,30+,31+,32-,38-,43?,45-,46-,50+,54-/m0/s1. The Bertz CT molecular complexity index is 2650. The van der Waals surface area contributed by atoms with Crippen LogP contribution in [0.3, 0.4) is 0 Å². The van der Waals surface area contributed by atoms with Crippen molar-refractivity contribution >= 4 is 40.8 Å². The van der Waals surface area contributed by atoms with Crippen LogP contribution in [0.5, 0.6) is 11.5 Å². The number of rotatable bonds is 6. The third-order valence-electron chi connectivity index (χ3n) is 14.2. The highest BCUT2D eigenvalue weighted by molar-refractivity contribution is 6.32. The summed E-state index contributed by atoms with van der Waals surface area (Å²) in [6.45, 7) is 13.7. The number of phenolic OH excluding ortho intramolecular Hbond substituents is 1. The average molecular weight is 981 g/mol. The molecule has 70 heavy (non-hydrogen) atoms. The highest BCUT2D eigenvalue weighted by atomic mass is 35.5. The number of carbonyl (C=O) groups is 5. The number of aliphatic hydroxyl groups is 2. The lowest BCUT2D eigenvalue weighted by Gasteiger charge is -2.42. The first kappa shape index (κ1) is 51.7. The topological polar surface area (TPSA) is 201 Å². The summed E-state index contributed by atoms with van der Waals surface area (Å²) >= 11 is 6.29. The van der Waals surface area contributed by atoms with Crippen LogP contribution in [0.2, 0.25) is 5.02 Å². The van der Waals surface area contributed by atoms with E-state index in [2.05, 4.69) is 10.2 Å². The molecule has 1 fully saturated rings. The van der Waals surface area contributed by atoms with Crippen LogP contribution in [0.25, 0.3) is 0 Å². The lowest BCUT2D eigenvalue weighted by atomic mass is 9.78. The molecule has 0 aromatic heterocycles. The van der Waals surface area contributed by atoms with E-state index in [1.807, 2.05) is 54.6 Å². The number of hydrogen-bond acceptors (Lipinski definition) is 14. The maximum absolute atomic E-state index is 15.3. The Morgan fingerprint density at radius 1 is 0.843 bits per heavy atom. The van der Waals surface area contributed by atoms with Gasteiger partial charge in [0.2, 0.25) is 11.6 Å². The van der Waals surface area contributed by atoms with Crippen molar-refractivity contribution in [2.75, 3.05) is 33.3 Å². The Morgan fingerprint density at radius 2 is 1.49 bits per heavy atom. The number of nitrogens with one attached hydrogen (secondary N) is 1. The molecular formula is C54H62ClN3O12. The van der Waals surface area contributed by atoms with Crippen LogP contribution in [0.15, 0.2) is 102 Å². The lowest BCUT2D eigenvalue weighted by molar-refractivity contribution is -0.160. The van der Waals surface area contributed by atoms with E-state index in [9.17, 15) is 34.5 Å². The Morgan fingerprint density at radius 3 is 2.11 bits per heavy atom. The van der Waals surface area contributed by atoms with Crippen molar-refractivity contribution in [3.05, 3.63) is 141 Å². The minimum Gasteiger partial charge on any atom is -0.507 e. The van der Waals surface area contributed by atoms with E-state index >= 15 is 4.79 Å². The number of methoxy groups -OCH3 is 1. The molecule has 1 aliphatic carbocycles. The van der Waals surface area contributed by atoms with Gasteiger partial charge in [-0.3, -0.25) is 28.9 Å². The molecule has 8 rings (SSSR count). The SMILES string of the molecule is CO[C@H]1C=CO[C@@]2(C)Oc3c(C)c(O)c4c(c3C2=O)C(=O)C(N2CCN(C(c3ccccc3)c3ccc(Cl)cc3)CC2)=C(NC(=O)C(C)=CC=C[C@H](C)[C@H](O)[C@@H](C)[C@H](O)[C@H](C)[C@H](OC(C)=O)[C@@H]1C)C4=O. The van der Waals surface area contributed by atoms with Gasteiger partial charge >= 0.3 is 11.8 Å². The number of ketones is 3. The summed E-state index contributed by atoms with van der Waals surface area (Å²) in [6, 6.07) is 17.4.